The molecule has 0 fully saturated rings. The fourth-order valence-corrected chi connectivity index (χ4v) is 4.66. The Hall–Kier alpha value is -4.04. The van der Waals surface area contributed by atoms with E-state index in [0.29, 0.717) is 48.7 Å². The molecule has 0 bridgehead atoms. The van der Waals surface area contributed by atoms with Crippen molar-refractivity contribution in [3.05, 3.63) is 89.0 Å². The molecule has 246 valence electrons. The van der Waals surface area contributed by atoms with Crippen LogP contribution in [0.3, 0.4) is 0 Å². The number of hydrogen-bond donors (Lipinski definition) is 2. The average molecular weight is 621 g/mol. The first kappa shape index (κ1) is 37.1. The van der Waals surface area contributed by atoms with Gasteiger partial charge in [0.25, 0.3) is 0 Å². The van der Waals surface area contributed by atoms with Crippen LogP contribution < -0.4 is 19.9 Å². The monoisotopic (exact) mass is 620 g/mol. The summed E-state index contributed by atoms with van der Waals surface area (Å²) in [7, 11) is 3.24. The van der Waals surface area contributed by atoms with Gasteiger partial charge in [0.1, 0.15) is 12.4 Å². The Morgan fingerprint density at radius 3 is 2.11 bits per heavy atom. The highest BCUT2D eigenvalue weighted by Crippen LogP contribution is 2.32. The lowest BCUT2D eigenvalue weighted by Crippen LogP contribution is -2.32. The Morgan fingerprint density at radius 1 is 0.844 bits per heavy atom. The van der Waals surface area contributed by atoms with Crippen LogP contribution in [0.2, 0.25) is 0 Å². The largest absolute Gasteiger partial charge is 0.493 e. The van der Waals surface area contributed by atoms with Gasteiger partial charge in [0.15, 0.2) is 11.5 Å². The number of benzene rings is 3. The van der Waals surface area contributed by atoms with Crippen molar-refractivity contribution in [2.24, 2.45) is 5.73 Å². The molecular formula is C37H52N2O6. The molecule has 0 unspecified atom stereocenters. The lowest BCUT2D eigenvalue weighted by Gasteiger charge is -2.24. The van der Waals surface area contributed by atoms with Crippen LogP contribution in [0.25, 0.3) is 0 Å². The number of unbranched alkanes of at least 4 members (excludes halogenated alkanes) is 4. The highest BCUT2D eigenvalue weighted by molar-refractivity contribution is 5.89. The number of carbonyl (C=O) groups is 2. The van der Waals surface area contributed by atoms with Crippen LogP contribution in [0.4, 0.5) is 0 Å². The minimum absolute atomic E-state index is 0. The highest BCUT2D eigenvalue weighted by atomic mass is 16.5. The van der Waals surface area contributed by atoms with Gasteiger partial charge in [0.05, 0.1) is 19.8 Å². The van der Waals surface area contributed by atoms with Crippen LogP contribution in [-0.2, 0) is 24.4 Å². The maximum Gasteiger partial charge on any atom is 0.336 e. The van der Waals surface area contributed by atoms with Gasteiger partial charge in [-0.05, 0) is 63.4 Å². The predicted octanol–water partition coefficient (Wildman–Crippen LogP) is 7.66. The summed E-state index contributed by atoms with van der Waals surface area (Å²) >= 11 is 0. The van der Waals surface area contributed by atoms with Crippen LogP contribution in [0, 0.1) is 0 Å². The first-order chi connectivity index (χ1) is 21.5. The van der Waals surface area contributed by atoms with Crippen molar-refractivity contribution in [1.82, 2.24) is 4.90 Å². The van der Waals surface area contributed by atoms with Crippen LogP contribution in [-0.4, -0.2) is 48.2 Å². The Bertz CT molecular complexity index is 1310. The average Bonchev–Trinajstić information content (AvgIpc) is 3.01. The molecule has 0 aliphatic rings. The molecule has 8 heteroatoms. The number of rotatable bonds is 17. The van der Waals surface area contributed by atoms with Crippen molar-refractivity contribution in [3.63, 3.8) is 0 Å². The first-order valence-corrected chi connectivity index (χ1v) is 15.8. The molecule has 45 heavy (non-hydrogen) atoms. The Kier molecular flexibility index (Phi) is 16.0. The van der Waals surface area contributed by atoms with Gasteiger partial charge < -0.3 is 30.0 Å². The number of aryl methyl sites for hydroxylation is 1. The van der Waals surface area contributed by atoms with E-state index < -0.39 is 5.97 Å². The number of ether oxygens (including phenoxy) is 3. The maximum absolute atomic E-state index is 13.4. The molecule has 0 aliphatic carbocycles. The van der Waals surface area contributed by atoms with E-state index in [0.717, 1.165) is 24.0 Å². The van der Waals surface area contributed by atoms with Gasteiger partial charge in [-0.1, -0.05) is 75.1 Å². The molecule has 3 rings (SSSR count). The summed E-state index contributed by atoms with van der Waals surface area (Å²) in [6, 6.07) is 20.2. The second kappa shape index (κ2) is 19.4. The van der Waals surface area contributed by atoms with E-state index in [1.807, 2.05) is 68.1 Å². The third-order valence-electron chi connectivity index (χ3n) is 6.92. The summed E-state index contributed by atoms with van der Waals surface area (Å²) in [4.78, 5) is 26.7. The van der Waals surface area contributed by atoms with Crippen LogP contribution in [0.5, 0.6) is 17.2 Å². The first-order valence-electron chi connectivity index (χ1n) is 15.8. The van der Waals surface area contributed by atoms with E-state index in [4.69, 9.17) is 19.9 Å². The van der Waals surface area contributed by atoms with Gasteiger partial charge >= 0.3 is 5.97 Å². The van der Waals surface area contributed by atoms with Crippen LogP contribution in [0.1, 0.15) is 93.3 Å². The van der Waals surface area contributed by atoms with Crippen molar-refractivity contribution in [3.8, 4) is 17.2 Å². The normalized spacial score (nSPS) is 10.8. The number of nitrogens with zero attached hydrogens (tertiary/aromatic N) is 1. The summed E-state index contributed by atoms with van der Waals surface area (Å²) < 4.78 is 16.9. The summed E-state index contributed by atoms with van der Waals surface area (Å²) in [5, 5.41) is 9.36. The minimum atomic E-state index is -0.973. The highest BCUT2D eigenvalue weighted by Gasteiger charge is 2.18. The fourth-order valence-electron chi connectivity index (χ4n) is 4.66. The van der Waals surface area contributed by atoms with Gasteiger partial charge in [0.2, 0.25) is 5.91 Å². The Balaban J connectivity index is 0.00000130. The molecule has 3 aromatic carbocycles. The number of hydrogen-bond acceptors (Lipinski definition) is 6. The van der Waals surface area contributed by atoms with Crippen LogP contribution in [0.15, 0.2) is 66.7 Å². The van der Waals surface area contributed by atoms with Crippen LogP contribution >= 0.6 is 0 Å². The summed E-state index contributed by atoms with van der Waals surface area (Å²) in [5.41, 5.74) is 8.17. The number of aromatic carboxylic acids is 1. The Morgan fingerprint density at radius 2 is 1.49 bits per heavy atom. The predicted molar refractivity (Wildman–Crippen MR) is 180 cm³/mol. The molecule has 0 aliphatic heterocycles. The fraction of sp³-hybridized carbons (Fsp3) is 0.459. The zero-order valence-corrected chi connectivity index (χ0v) is 27.9. The molecule has 1 amide bonds. The van der Waals surface area contributed by atoms with Crippen molar-refractivity contribution in [2.45, 2.75) is 91.3 Å². The quantitative estimate of drug-likeness (QED) is 0.149. The molecule has 3 N–H and O–H groups in total. The van der Waals surface area contributed by atoms with E-state index in [-0.39, 0.29) is 23.6 Å². The third-order valence-corrected chi connectivity index (χ3v) is 6.92. The Labute approximate surface area is 269 Å². The molecular weight excluding hydrogens is 568 g/mol. The zero-order valence-electron chi connectivity index (χ0n) is 27.9. The standard InChI is InChI=1S/C33H41NO6.C4H11N/c1-4-5-6-7-10-22-34(23-26-13-11-15-30(38-2)32(26)39-3)31(35)21-18-25-16-19-28(20-17-25)40-24-27-12-8-9-14-29(27)33(36)37;1-4(2,3)5/h8-9,11-17,19-20H,4-7,10,18,21-24H2,1-3H3,(H,36,37);5H2,1-3H3. The SMILES string of the molecule is CC(C)(C)N.CCCCCCCN(Cc1cccc(OC)c1OC)C(=O)CCc1ccc(OCc2ccccc2C(=O)O)cc1. The number of carboxylic acids is 1. The third kappa shape index (κ3) is 14.1. The summed E-state index contributed by atoms with van der Waals surface area (Å²) in [6.45, 7) is 9.43. The second-order valence-electron chi connectivity index (χ2n) is 12.1. The van der Waals surface area contributed by atoms with Gasteiger partial charge in [-0.25, -0.2) is 4.79 Å². The molecule has 0 atom stereocenters. The van der Waals surface area contributed by atoms with Crippen molar-refractivity contribution < 1.29 is 28.9 Å². The number of nitrogens with two attached hydrogens (primary N) is 1. The lowest BCUT2D eigenvalue weighted by molar-refractivity contribution is -0.131. The molecule has 0 saturated heterocycles. The smallest absolute Gasteiger partial charge is 0.336 e. The molecule has 0 radical (unpaired) electrons. The van der Waals surface area contributed by atoms with E-state index in [1.54, 1.807) is 38.5 Å². The van der Waals surface area contributed by atoms with Crippen molar-refractivity contribution in [2.75, 3.05) is 20.8 Å². The maximum atomic E-state index is 13.4. The van der Waals surface area contributed by atoms with Gasteiger partial charge in [-0.3, -0.25) is 4.79 Å². The molecule has 0 saturated carbocycles. The van der Waals surface area contributed by atoms with E-state index in [9.17, 15) is 14.7 Å². The minimum Gasteiger partial charge on any atom is -0.493 e. The van der Waals surface area contributed by atoms with E-state index in [1.165, 1.54) is 19.3 Å². The molecule has 0 heterocycles. The molecule has 3 aromatic rings. The van der Waals surface area contributed by atoms with E-state index >= 15 is 0 Å². The molecule has 8 nitrogen and oxygen atoms in total. The lowest BCUT2D eigenvalue weighted by atomic mass is 10.1. The topological polar surface area (TPSA) is 111 Å². The number of para-hydroxylation sites is 1. The number of amides is 1. The van der Waals surface area contributed by atoms with Gasteiger partial charge in [-0.15, -0.1) is 0 Å². The number of carboxylic acid groups (broad SMARTS) is 1. The second-order valence-corrected chi connectivity index (χ2v) is 12.1. The summed E-state index contributed by atoms with van der Waals surface area (Å²) in [6.07, 6.45) is 6.65. The molecule has 0 spiro atoms. The zero-order chi connectivity index (χ0) is 33.2. The van der Waals surface area contributed by atoms with Gasteiger partial charge in [0, 0.05) is 36.2 Å². The molecule has 0 aromatic heterocycles. The number of methoxy groups -OCH3 is 2. The van der Waals surface area contributed by atoms with Crippen molar-refractivity contribution >= 4 is 11.9 Å². The van der Waals surface area contributed by atoms with Gasteiger partial charge in [-0.2, -0.15) is 0 Å². The van der Waals surface area contributed by atoms with Crippen molar-refractivity contribution in [1.29, 1.82) is 0 Å². The van der Waals surface area contributed by atoms with E-state index in [2.05, 4.69) is 6.92 Å². The summed E-state index contributed by atoms with van der Waals surface area (Å²) in [5.74, 6) is 1.10. The number of carbonyl (C=O) groups excluding carboxylic acids is 1.